The number of aromatic amines is 1. The number of nitriles is 2. The SMILES string of the molecule is N#CCS(=O)(=O)Nc1[nH]ncc1C#N. The van der Waals surface area contributed by atoms with Crippen LogP contribution in [-0.2, 0) is 10.0 Å². The normalized spacial score (nSPS) is 10.1. The third-order valence-corrected chi connectivity index (χ3v) is 2.30. The molecule has 0 bridgehead atoms. The van der Waals surface area contributed by atoms with Crippen molar-refractivity contribution in [1.82, 2.24) is 10.2 Å². The van der Waals surface area contributed by atoms with E-state index in [9.17, 15) is 8.42 Å². The Balaban J connectivity index is 2.92. The second-order valence-electron chi connectivity index (χ2n) is 2.29. The molecule has 1 rings (SSSR count). The number of nitrogens with zero attached hydrogens (tertiary/aromatic N) is 3. The van der Waals surface area contributed by atoms with Crippen molar-refractivity contribution in [2.24, 2.45) is 0 Å². The summed E-state index contributed by atoms with van der Waals surface area (Å²) in [5.74, 6) is -0.695. The van der Waals surface area contributed by atoms with Crippen molar-refractivity contribution in [3.8, 4) is 12.1 Å². The molecule has 1 aromatic rings. The molecule has 0 atom stereocenters. The molecule has 0 unspecified atom stereocenters. The number of aromatic nitrogens is 2. The van der Waals surface area contributed by atoms with Gasteiger partial charge < -0.3 is 0 Å². The van der Waals surface area contributed by atoms with Gasteiger partial charge in [-0.25, -0.2) is 8.42 Å². The summed E-state index contributed by atoms with van der Waals surface area (Å²) in [6, 6.07) is 3.23. The zero-order valence-corrected chi connectivity index (χ0v) is 7.67. The van der Waals surface area contributed by atoms with Gasteiger partial charge in [-0.2, -0.15) is 15.6 Å². The molecule has 0 spiro atoms. The Bertz CT molecular complexity index is 503. The van der Waals surface area contributed by atoms with Crippen molar-refractivity contribution >= 4 is 15.8 Å². The van der Waals surface area contributed by atoms with E-state index in [1.807, 2.05) is 4.72 Å². The minimum Gasteiger partial charge on any atom is -0.266 e. The minimum absolute atomic E-state index is 0.0252. The van der Waals surface area contributed by atoms with Crippen LogP contribution in [0.2, 0.25) is 0 Å². The maximum atomic E-state index is 11.1. The lowest BCUT2D eigenvalue weighted by Crippen LogP contribution is -2.16. The Morgan fingerprint density at radius 2 is 2.29 bits per heavy atom. The smallest absolute Gasteiger partial charge is 0.247 e. The number of nitrogens with one attached hydrogen (secondary N) is 2. The topological polar surface area (TPSA) is 122 Å². The number of sulfonamides is 1. The van der Waals surface area contributed by atoms with E-state index in [2.05, 4.69) is 10.2 Å². The molecule has 7 nitrogen and oxygen atoms in total. The van der Waals surface area contributed by atoms with Crippen LogP contribution in [-0.4, -0.2) is 24.4 Å². The number of rotatable bonds is 3. The summed E-state index contributed by atoms with van der Waals surface area (Å²) in [7, 11) is -3.72. The first-order valence-corrected chi connectivity index (χ1v) is 5.05. The van der Waals surface area contributed by atoms with Crippen LogP contribution >= 0.6 is 0 Å². The van der Waals surface area contributed by atoms with Crippen LogP contribution in [0.25, 0.3) is 0 Å². The fraction of sp³-hybridized carbons (Fsp3) is 0.167. The molecule has 0 amide bonds. The molecule has 2 N–H and O–H groups in total. The van der Waals surface area contributed by atoms with E-state index in [1.165, 1.54) is 12.3 Å². The van der Waals surface area contributed by atoms with E-state index in [4.69, 9.17) is 10.5 Å². The first-order chi connectivity index (χ1) is 6.59. The van der Waals surface area contributed by atoms with Gasteiger partial charge in [-0.15, -0.1) is 0 Å². The molecular formula is C6H5N5O2S. The van der Waals surface area contributed by atoms with Crippen molar-refractivity contribution in [2.45, 2.75) is 0 Å². The molecule has 1 aromatic heterocycles. The van der Waals surface area contributed by atoms with E-state index in [1.54, 1.807) is 6.07 Å². The van der Waals surface area contributed by atoms with Gasteiger partial charge in [-0.1, -0.05) is 0 Å². The van der Waals surface area contributed by atoms with Crippen LogP contribution in [0.4, 0.5) is 5.82 Å². The fourth-order valence-corrected chi connectivity index (χ4v) is 1.43. The highest BCUT2D eigenvalue weighted by molar-refractivity contribution is 7.92. The predicted molar refractivity (Wildman–Crippen MR) is 46.3 cm³/mol. The third kappa shape index (κ3) is 2.21. The second-order valence-corrected chi connectivity index (χ2v) is 4.01. The molecule has 0 fully saturated rings. The molecular weight excluding hydrogens is 206 g/mol. The quantitative estimate of drug-likeness (QED) is 0.700. The van der Waals surface area contributed by atoms with Crippen molar-refractivity contribution in [2.75, 3.05) is 10.5 Å². The first-order valence-electron chi connectivity index (χ1n) is 3.40. The molecule has 0 aliphatic rings. The number of hydrogen-bond donors (Lipinski definition) is 2. The highest BCUT2D eigenvalue weighted by atomic mass is 32.2. The van der Waals surface area contributed by atoms with Gasteiger partial charge >= 0.3 is 0 Å². The number of H-pyrrole nitrogens is 1. The van der Waals surface area contributed by atoms with E-state index >= 15 is 0 Å². The summed E-state index contributed by atoms with van der Waals surface area (Å²) in [4.78, 5) is 0. The Labute approximate surface area is 80.0 Å². The van der Waals surface area contributed by atoms with Gasteiger partial charge in [0.25, 0.3) is 0 Å². The highest BCUT2D eigenvalue weighted by Crippen LogP contribution is 2.10. The number of anilines is 1. The minimum atomic E-state index is -3.72. The van der Waals surface area contributed by atoms with Crippen LogP contribution < -0.4 is 4.72 Å². The average Bonchev–Trinajstić information content (AvgIpc) is 2.50. The summed E-state index contributed by atoms with van der Waals surface area (Å²) in [5, 5.41) is 22.5. The molecule has 0 aromatic carbocycles. The van der Waals surface area contributed by atoms with Gasteiger partial charge in [0.1, 0.15) is 11.6 Å². The predicted octanol–water partition coefficient (Wildman–Crippen LogP) is -0.453. The van der Waals surface area contributed by atoms with Crippen LogP contribution in [0, 0.1) is 22.7 Å². The molecule has 72 valence electrons. The van der Waals surface area contributed by atoms with Gasteiger partial charge in [0.2, 0.25) is 10.0 Å². The maximum absolute atomic E-state index is 11.1. The lowest BCUT2D eigenvalue weighted by molar-refractivity contribution is 0.604. The van der Waals surface area contributed by atoms with Crippen molar-refractivity contribution in [3.05, 3.63) is 11.8 Å². The zero-order valence-electron chi connectivity index (χ0n) is 6.85. The fourth-order valence-electron chi connectivity index (χ4n) is 0.725. The van der Waals surface area contributed by atoms with Gasteiger partial charge in [0, 0.05) is 0 Å². The zero-order chi connectivity index (χ0) is 10.6. The van der Waals surface area contributed by atoms with Gasteiger partial charge in [0.15, 0.2) is 11.6 Å². The average molecular weight is 211 g/mol. The Morgan fingerprint density at radius 1 is 1.57 bits per heavy atom. The Kier molecular flexibility index (Phi) is 2.70. The highest BCUT2D eigenvalue weighted by Gasteiger charge is 2.13. The van der Waals surface area contributed by atoms with Crippen LogP contribution in [0.3, 0.4) is 0 Å². The van der Waals surface area contributed by atoms with Crippen molar-refractivity contribution in [1.29, 1.82) is 10.5 Å². The molecule has 0 radical (unpaired) electrons. The first kappa shape index (κ1) is 10.0. The van der Waals surface area contributed by atoms with Gasteiger partial charge in [-0.05, 0) is 0 Å². The largest absolute Gasteiger partial charge is 0.266 e. The van der Waals surface area contributed by atoms with Gasteiger partial charge in [0.05, 0.1) is 12.3 Å². The molecule has 0 aliphatic carbocycles. The Morgan fingerprint density at radius 3 is 2.86 bits per heavy atom. The summed E-state index contributed by atoms with van der Waals surface area (Å²) in [5.41, 5.74) is 0.0755. The van der Waals surface area contributed by atoms with Crippen LogP contribution in [0.5, 0.6) is 0 Å². The van der Waals surface area contributed by atoms with Gasteiger partial charge in [-0.3, -0.25) is 9.82 Å². The summed E-state index contributed by atoms with van der Waals surface area (Å²) < 4.78 is 24.2. The molecule has 0 saturated heterocycles. The molecule has 0 saturated carbocycles. The molecule has 1 heterocycles. The lowest BCUT2D eigenvalue weighted by atomic mass is 10.4. The van der Waals surface area contributed by atoms with E-state index in [0.717, 1.165) is 0 Å². The standard InChI is InChI=1S/C6H5N5O2S/c7-1-2-14(12,13)11-6-5(3-8)4-9-10-6/h4H,2H2,(H2,9,10,11). The van der Waals surface area contributed by atoms with E-state index in [0.29, 0.717) is 0 Å². The number of hydrogen-bond acceptors (Lipinski definition) is 5. The van der Waals surface area contributed by atoms with Crippen LogP contribution in [0.15, 0.2) is 6.20 Å². The Hall–Kier alpha value is -2.06. The summed E-state index contributed by atoms with van der Waals surface area (Å²) in [6.07, 6.45) is 1.18. The summed E-state index contributed by atoms with van der Waals surface area (Å²) in [6.45, 7) is 0. The van der Waals surface area contributed by atoms with E-state index in [-0.39, 0.29) is 11.4 Å². The summed E-state index contributed by atoms with van der Waals surface area (Å²) >= 11 is 0. The maximum Gasteiger partial charge on any atom is 0.247 e. The van der Waals surface area contributed by atoms with E-state index < -0.39 is 15.8 Å². The monoisotopic (exact) mass is 211 g/mol. The molecule has 14 heavy (non-hydrogen) atoms. The van der Waals surface area contributed by atoms with Crippen LogP contribution in [0.1, 0.15) is 5.56 Å². The van der Waals surface area contributed by atoms with Crippen molar-refractivity contribution < 1.29 is 8.42 Å². The molecule has 8 heteroatoms. The molecule has 0 aliphatic heterocycles. The van der Waals surface area contributed by atoms with Crippen molar-refractivity contribution in [3.63, 3.8) is 0 Å². The third-order valence-electron chi connectivity index (χ3n) is 1.27. The lowest BCUT2D eigenvalue weighted by Gasteiger charge is -2.00. The second kappa shape index (κ2) is 3.77.